The number of hydrogen-bond acceptors (Lipinski definition) is 5. The largest absolute Gasteiger partial charge is 0.480 e. The van der Waals surface area contributed by atoms with Gasteiger partial charge in [0.05, 0.1) is 0 Å². The summed E-state index contributed by atoms with van der Waals surface area (Å²) in [4.78, 5) is 35.2. The van der Waals surface area contributed by atoms with Crippen LogP contribution in [0, 0.1) is 0 Å². The summed E-state index contributed by atoms with van der Waals surface area (Å²) in [5.41, 5.74) is 0.512. The molecule has 2 amide bonds. The third-order valence-electron chi connectivity index (χ3n) is 3.60. The molecule has 0 spiro atoms. The fraction of sp³-hybridized carbons (Fsp3) is 0.550. The van der Waals surface area contributed by atoms with Gasteiger partial charge in [-0.3, -0.25) is 4.79 Å². The summed E-state index contributed by atoms with van der Waals surface area (Å²) in [5.74, 6) is -0.460. The van der Waals surface area contributed by atoms with Gasteiger partial charge in [0.25, 0.3) is 0 Å². The molecule has 8 heteroatoms. The minimum absolute atomic E-state index is 0.115. The lowest BCUT2D eigenvalue weighted by atomic mass is 10.1. The molecule has 3 N–H and O–H groups in total. The molecule has 0 aliphatic rings. The molecule has 156 valence electrons. The molecule has 2 atom stereocenters. The molecule has 0 aliphatic carbocycles. The van der Waals surface area contributed by atoms with Crippen LogP contribution in [-0.2, 0) is 20.1 Å². The van der Waals surface area contributed by atoms with Crippen molar-refractivity contribution in [2.45, 2.75) is 64.0 Å². The fourth-order valence-corrected chi connectivity index (χ4v) is 3.25. The van der Waals surface area contributed by atoms with Gasteiger partial charge in [0.15, 0.2) is 0 Å². The van der Waals surface area contributed by atoms with Crippen molar-refractivity contribution in [2.75, 3.05) is 5.75 Å². The van der Waals surface area contributed by atoms with E-state index in [1.165, 1.54) is 11.8 Å². The van der Waals surface area contributed by atoms with Crippen LogP contribution in [0.15, 0.2) is 30.3 Å². The van der Waals surface area contributed by atoms with E-state index in [1.54, 1.807) is 27.7 Å². The molecule has 0 heterocycles. The molecule has 0 bridgehead atoms. The Morgan fingerprint density at radius 3 is 2.36 bits per heavy atom. The van der Waals surface area contributed by atoms with Crippen LogP contribution in [0.5, 0.6) is 0 Å². The summed E-state index contributed by atoms with van der Waals surface area (Å²) in [6.45, 7) is 7.08. The van der Waals surface area contributed by atoms with Gasteiger partial charge in [0.1, 0.15) is 11.6 Å². The van der Waals surface area contributed by atoms with Crippen LogP contribution < -0.4 is 10.6 Å². The van der Waals surface area contributed by atoms with Gasteiger partial charge in [0.2, 0.25) is 5.91 Å². The van der Waals surface area contributed by atoms with Gasteiger partial charge in [-0.25, -0.2) is 9.59 Å². The van der Waals surface area contributed by atoms with E-state index in [-0.39, 0.29) is 24.1 Å². The highest BCUT2D eigenvalue weighted by molar-refractivity contribution is 7.98. The Labute approximate surface area is 170 Å². The normalized spacial score (nSPS) is 13.3. The lowest BCUT2D eigenvalue weighted by Crippen LogP contribution is -2.43. The monoisotopic (exact) mass is 410 g/mol. The Bertz CT molecular complexity index is 646. The Morgan fingerprint density at radius 2 is 1.79 bits per heavy atom. The molecule has 1 aromatic carbocycles. The van der Waals surface area contributed by atoms with Gasteiger partial charge in [-0.1, -0.05) is 30.3 Å². The van der Waals surface area contributed by atoms with Crippen LogP contribution in [0.4, 0.5) is 4.79 Å². The Kier molecular flexibility index (Phi) is 9.85. The number of rotatable bonds is 10. The summed E-state index contributed by atoms with van der Waals surface area (Å²) in [6, 6.07) is 8.51. The van der Waals surface area contributed by atoms with E-state index >= 15 is 0 Å². The predicted molar refractivity (Wildman–Crippen MR) is 110 cm³/mol. The number of aliphatic carboxylic acids is 1. The van der Waals surface area contributed by atoms with Crippen molar-refractivity contribution in [3.63, 3.8) is 0 Å². The molecule has 0 radical (unpaired) electrons. The summed E-state index contributed by atoms with van der Waals surface area (Å²) in [5, 5.41) is 14.5. The number of carbonyl (C=O) groups excluding carboxylic acids is 2. The maximum Gasteiger partial charge on any atom is 0.407 e. The third-order valence-corrected chi connectivity index (χ3v) is 4.70. The minimum atomic E-state index is -1.06. The molecular formula is C20H30N2O5S. The molecule has 7 nitrogen and oxygen atoms in total. The van der Waals surface area contributed by atoms with E-state index in [0.29, 0.717) is 12.2 Å². The third kappa shape index (κ3) is 10.8. The zero-order chi connectivity index (χ0) is 21.2. The van der Waals surface area contributed by atoms with Gasteiger partial charge in [-0.2, -0.15) is 11.8 Å². The van der Waals surface area contributed by atoms with Gasteiger partial charge in [0, 0.05) is 24.0 Å². The fourth-order valence-electron chi connectivity index (χ4n) is 2.24. The molecule has 0 aliphatic heterocycles. The van der Waals surface area contributed by atoms with Crippen LogP contribution in [-0.4, -0.2) is 46.5 Å². The van der Waals surface area contributed by atoms with E-state index < -0.39 is 23.7 Å². The number of thioether (sulfide) groups is 1. The molecule has 0 fully saturated rings. The van der Waals surface area contributed by atoms with Crippen LogP contribution in [0.2, 0.25) is 0 Å². The smallest absolute Gasteiger partial charge is 0.407 e. The SMILES string of the molecule is CC(CCC(=O)NC(CSCc1ccccc1)C(=O)O)NC(=O)OC(C)(C)C. The zero-order valence-electron chi connectivity index (χ0n) is 16.9. The molecule has 2 unspecified atom stereocenters. The highest BCUT2D eigenvalue weighted by Crippen LogP contribution is 2.13. The lowest BCUT2D eigenvalue weighted by Gasteiger charge is -2.22. The van der Waals surface area contributed by atoms with Crippen molar-refractivity contribution < 1.29 is 24.2 Å². The number of amides is 2. The molecule has 0 saturated carbocycles. The second-order valence-corrected chi connectivity index (χ2v) is 8.58. The van der Waals surface area contributed by atoms with Gasteiger partial charge in [-0.15, -0.1) is 0 Å². The Hall–Kier alpha value is -2.22. The first-order chi connectivity index (χ1) is 13.1. The number of carboxylic acids is 1. The number of alkyl carbamates (subject to hydrolysis) is 1. The number of nitrogens with one attached hydrogen (secondary N) is 2. The number of benzene rings is 1. The molecule has 1 aromatic rings. The van der Waals surface area contributed by atoms with Crippen LogP contribution in [0.1, 0.15) is 46.1 Å². The molecule has 28 heavy (non-hydrogen) atoms. The highest BCUT2D eigenvalue weighted by Gasteiger charge is 2.21. The van der Waals surface area contributed by atoms with E-state index in [2.05, 4.69) is 10.6 Å². The minimum Gasteiger partial charge on any atom is -0.480 e. The van der Waals surface area contributed by atoms with Crippen molar-refractivity contribution >= 4 is 29.7 Å². The average Bonchev–Trinajstić information content (AvgIpc) is 2.58. The second kappa shape index (κ2) is 11.6. The van der Waals surface area contributed by atoms with Gasteiger partial charge >= 0.3 is 12.1 Å². The van der Waals surface area contributed by atoms with Crippen LogP contribution >= 0.6 is 11.8 Å². The summed E-state index contributed by atoms with van der Waals surface area (Å²) < 4.78 is 5.16. The summed E-state index contributed by atoms with van der Waals surface area (Å²) >= 11 is 1.45. The van der Waals surface area contributed by atoms with Crippen molar-refractivity contribution in [3.05, 3.63) is 35.9 Å². The van der Waals surface area contributed by atoms with Crippen molar-refractivity contribution in [3.8, 4) is 0 Å². The standard InChI is InChI=1S/C20H30N2O5S/c1-14(21-19(26)27-20(2,3)4)10-11-17(23)22-16(18(24)25)13-28-12-15-8-6-5-7-9-15/h5-9,14,16H,10-13H2,1-4H3,(H,21,26)(H,22,23)(H,24,25). The number of hydrogen-bond donors (Lipinski definition) is 3. The summed E-state index contributed by atoms with van der Waals surface area (Å²) in [6.07, 6.45) is -0.0419. The first-order valence-electron chi connectivity index (χ1n) is 9.20. The zero-order valence-corrected chi connectivity index (χ0v) is 17.7. The quantitative estimate of drug-likeness (QED) is 0.547. The number of ether oxygens (including phenoxy) is 1. The second-order valence-electron chi connectivity index (χ2n) is 7.55. The lowest BCUT2D eigenvalue weighted by molar-refractivity contribution is -0.141. The van der Waals surface area contributed by atoms with Crippen molar-refractivity contribution in [1.82, 2.24) is 10.6 Å². The first kappa shape index (κ1) is 23.8. The van der Waals surface area contributed by atoms with E-state index in [0.717, 1.165) is 5.56 Å². The predicted octanol–water partition coefficient (Wildman–Crippen LogP) is 3.18. The van der Waals surface area contributed by atoms with Crippen molar-refractivity contribution in [2.24, 2.45) is 0 Å². The Balaban J connectivity index is 2.35. The number of carboxylic acid groups (broad SMARTS) is 1. The van der Waals surface area contributed by atoms with E-state index in [9.17, 15) is 19.5 Å². The highest BCUT2D eigenvalue weighted by atomic mass is 32.2. The molecular weight excluding hydrogens is 380 g/mol. The maximum absolute atomic E-state index is 12.1. The molecule has 1 rings (SSSR count). The van der Waals surface area contributed by atoms with Gasteiger partial charge in [-0.05, 0) is 39.7 Å². The molecule has 0 aromatic heterocycles. The van der Waals surface area contributed by atoms with E-state index in [1.807, 2.05) is 30.3 Å². The maximum atomic E-state index is 12.1. The molecule has 0 saturated heterocycles. The summed E-state index contributed by atoms with van der Waals surface area (Å²) in [7, 11) is 0. The Morgan fingerprint density at radius 1 is 1.14 bits per heavy atom. The van der Waals surface area contributed by atoms with E-state index in [4.69, 9.17) is 4.74 Å². The van der Waals surface area contributed by atoms with Crippen LogP contribution in [0.3, 0.4) is 0 Å². The number of carbonyl (C=O) groups is 3. The average molecular weight is 411 g/mol. The van der Waals surface area contributed by atoms with Crippen molar-refractivity contribution in [1.29, 1.82) is 0 Å². The first-order valence-corrected chi connectivity index (χ1v) is 10.4. The topological polar surface area (TPSA) is 105 Å². The van der Waals surface area contributed by atoms with Crippen LogP contribution in [0.25, 0.3) is 0 Å². The van der Waals surface area contributed by atoms with Gasteiger partial charge < -0.3 is 20.5 Å².